The molecule has 5 heteroatoms. The lowest BCUT2D eigenvalue weighted by atomic mass is 10.1. The van der Waals surface area contributed by atoms with Crippen LogP contribution in [0.25, 0.3) is 0 Å². The molecule has 0 saturated heterocycles. The van der Waals surface area contributed by atoms with Gasteiger partial charge in [0.15, 0.2) is 6.61 Å². The summed E-state index contributed by atoms with van der Waals surface area (Å²) >= 11 is 0. The van der Waals surface area contributed by atoms with E-state index in [-0.39, 0.29) is 24.8 Å². The number of aryl methyl sites for hydroxylation is 1. The highest BCUT2D eigenvalue weighted by molar-refractivity contribution is 5.98. The van der Waals surface area contributed by atoms with Crippen molar-refractivity contribution in [3.05, 3.63) is 23.8 Å². The Kier molecular flexibility index (Phi) is 3.50. The average Bonchev–Trinajstić information content (AvgIpc) is 2.37. The van der Waals surface area contributed by atoms with Gasteiger partial charge in [-0.25, -0.2) is 0 Å². The zero-order valence-corrected chi connectivity index (χ0v) is 10.5. The van der Waals surface area contributed by atoms with Crippen molar-refractivity contribution in [2.75, 3.05) is 25.1 Å². The van der Waals surface area contributed by atoms with Crippen molar-refractivity contribution in [3.63, 3.8) is 0 Å². The summed E-state index contributed by atoms with van der Waals surface area (Å²) in [7, 11) is 1.58. The quantitative estimate of drug-likeness (QED) is 0.863. The van der Waals surface area contributed by atoms with Crippen LogP contribution in [0, 0.1) is 6.92 Å². The Morgan fingerprint density at radius 3 is 3.00 bits per heavy atom. The second-order valence-corrected chi connectivity index (χ2v) is 4.23. The molecule has 5 nitrogen and oxygen atoms in total. The first-order valence-corrected chi connectivity index (χ1v) is 5.86. The zero-order chi connectivity index (χ0) is 13.1. The second kappa shape index (κ2) is 5.08. The van der Waals surface area contributed by atoms with Gasteiger partial charge in [0.1, 0.15) is 5.75 Å². The molecule has 0 aromatic heterocycles. The molecule has 1 aromatic carbocycles. The number of anilines is 1. The molecule has 0 fully saturated rings. The molecule has 0 atom stereocenters. The van der Waals surface area contributed by atoms with Crippen molar-refractivity contribution in [3.8, 4) is 5.75 Å². The van der Waals surface area contributed by atoms with Gasteiger partial charge in [-0.3, -0.25) is 9.59 Å². The van der Waals surface area contributed by atoms with E-state index in [0.29, 0.717) is 12.3 Å². The Labute approximate surface area is 106 Å². The number of fused-ring (bicyclic) bond motifs is 1. The number of ether oxygens (including phenoxy) is 1. The summed E-state index contributed by atoms with van der Waals surface area (Å²) < 4.78 is 5.36. The second-order valence-electron chi connectivity index (χ2n) is 4.23. The standard InChI is InChI=1S/C13H16N2O3/c1-9-3-4-11-10(7-9)15(13(17)8-18-11)6-5-12(16)14-2/h3-4,7H,5-6,8H2,1-2H3,(H,14,16). The normalized spacial score (nSPS) is 13.9. The molecule has 0 aliphatic carbocycles. The fourth-order valence-corrected chi connectivity index (χ4v) is 1.90. The van der Waals surface area contributed by atoms with E-state index in [4.69, 9.17) is 4.74 Å². The van der Waals surface area contributed by atoms with Gasteiger partial charge in [0.2, 0.25) is 5.91 Å². The number of hydrogen-bond acceptors (Lipinski definition) is 3. The Morgan fingerprint density at radius 2 is 2.28 bits per heavy atom. The third kappa shape index (κ3) is 2.45. The highest BCUT2D eigenvalue weighted by Crippen LogP contribution is 2.32. The summed E-state index contributed by atoms with van der Waals surface area (Å²) in [6, 6.07) is 5.69. The predicted molar refractivity (Wildman–Crippen MR) is 67.7 cm³/mol. The highest BCUT2D eigenvalue weighted by Gasteiger charge is 2.25. The first kappa shape index (κ1) is 12.4. The monoisotopic (exact) mass is 248 g/mol. The molecule has 2 rings (SSSR count). The fourth-order valence-electron chi connectivity index (χ4n) is 1.90. The lowest BCUT2D eigenvalue weighted by Crippen LogP contribution is -2.40. The van der Waals surface area contributed by atoms with Gasteiger partial charge in [0.25, 0.3) is 5.91 Å². The minimum atomic E-state index is -0.114. The molecule has 0 saturated carbocycles. The van der Waals surface area contributed by atoms with Crippen molar-refractivity contribution in [1.82, 2.24) is 5.32 Å². The predicted octanol–water partition coefficient (Wildman–Crippen LogP) is 0.857. The number of rotatable bonds is 3. The summed E-state index contributed by atoms with van der Waals surface area (Å²) in [4.78, 5) is 24.7. The Balaban J connectivity index is 2.21. The van der Waals surface area contributed by atoms with Crippen LogP contribution in [0.2, 0.25) is 0 Å². The zero-order valence-electron chi connectivity index (χ0n) is 10.5. The average molecular weight is 248 g/mol. The van der Waals surface area contributed by atoms with Crippen molar-refractivity contribution in [2.24, 2.45) is 0 Å². The number of nitrogens with one attached hydrogen (secondary N) is 1. The number of carbonyl (C=O) groups is 2. The molecule has 0 unspecified atom stereocenters. The van der Waals surface area contributed by atoms with Crippen molar-refractivity contribution >= 4 is 17.5 Å². The summed E-state index contributed by atoms with van der Waals surface area (Å²) in [5, 5.41) is 2.55. The van der Waals surface area contributed by atoms with E-state index in [1.54, 1.807) is 11.9 Å². The third-order valence-electron chi connectivity index (χ3n) is 2.90. The number of hydrogen-bond donors (Lipinski definition) is 1. The van der Waals surface area contributed by atoms with Crippen LogP contribution >= 0.6 is 0 Å². The fraction of sp³-hybridized carbons (Fsp3) is 0.385. The molecule has 0 bridgehead atoms. The van der Waals surface area contributed by atoms with Gasteiger partial charge in [-0.05, 0) is 24.6 Å². The van der Waals surface area contributed by atoms with Crippen molar-refractivity contribution in [2.45, 2.75) is 13.3 Å². The molecular formula is C13H16N2O3. The molecule has 1 N–H and O–H groups in total. The van der Waals surface area contributed by atoms with Crippen LogP contribution in [-0.4, -0.2) is 32.0 Å². The highest BCUT2D eigenvalue weighted by atomic mass is 16.5. The van der Waals surface area contributed by atoms with Crippen LogP contribution in [0.3, 0.4) is 0 Å². The van der Waals surface area contributed by atoms with Gasteiger partial charge in [0, 0.05) is 20.0 Å². The van der Waals surface area contributed by atoms with Crippen LogP contribution in [0.5, 0.6) is 5.75 Å². The Hall–Kier alpha value is -2.04. The maximum absolute atomic E-state index is 11.8. The van der Waals surface area contributed by atoms with E-state index < -0.39 is 0 Å². The lowest BCUT2D eigenvalue weighted by molar-refractivity contribution is -0.122. The van der Waals surface area contributed by atoms with Gasteiger partial charge < -0.3 is 15.0 Å². The maximum Gasteiger partial charge on any atom is 0.265 e. The molecule has 96 valence electrons. The van der Waals surface area contributed by atoms with Gasteiger partial charge >= 0.3 is 0 Å². The molecule has 1 aliphatic rings. The molecule has 2 amide bonds. The largest absolute Gasteiger partial charge is 0.482 e. The lowest BCUT2D eigenvalue weighted by Gasteiger charge is -2.29. The molecule has 1 aliphatic heterocycles. The summed E-state index contributed by atoms with van der Waals surface area (Å²) in [6.45, 7) is 2.36. The number of carbonyl (C=O) groups excluding carboxylic acids is 2. The third-order valence-corrected chi connectivity index (χ3v) is 2.90. The van der Waals surface area contributed by atoms with Crippen molar-refractivity contribution in [1.29, 1.82) is 0 Å². The summed E-state index contributed by atoms with van der Waals surface area (Å²) in [5.74, 6) is 0.498. The molecule has 0 spiro atoms. The maximum atomic E-state index is 11.8. The summed E-state index contributed by atoms with van der Waals surface area (Å²) in [5.41, 5.74) is 1.80. The van der Waals surface area contributed by atoms with Crippen molar-refractivity contribution < 1.29 is 14.3 Å². The Bertz CT molecular complexity index is 485. The van der Waals surface area contributed by atoms with Crippen LogP contribution < -0.4 is 15.0 Å². The molecule has 0 radical (unpaired) electrons. The van der Waals surface area contributed by atoms with E-state index in [9.17, 15) is 9.59 Å². The minimum absolute atomic E-state index is 0.0316. The molecule has 18 heavy (non-hydrogen) atoms. The van der Waals surface area contributed by atoms with Gasteiger partial charge in [0.05, 0.1) is 5.69 Å². The van der Waals surface area contributed by atoms with Crippen LogP contribution in [0.4, 0.5) is 5.69 Å². The minimum Gasteiger partial charge on any atom is -0.482 e. The first-order valence-electron chi connectivity index (χ1n) is 5.86. The van der Waals surface area contributed by atoms with E-state index in [2.05, 4.69) is 5.32 Å². The molecule has 1 heterocycles. The van der Waals surface area contributed by atoms with Crippen LogP contribution in [-0.2, 0) is 9.59 Å². The van der Waals surface area contributed by atoms with Gasteiger partial charge in [-0.15, -0.1) is 0 Å². The number of benzene rings is 1. The Morgan fingerprint density at radius 1 is 1.50 bits per heavy atom. The van der Waals surface area contributed by atoms with Crippen LogP contribution in [0.15, 0.2) is 18.2 Å². The molecular weight excluding hydrogens is 232 g/mol. The topological polar surface area (TPSA) is 58.6 Å². The van der Waals surface area contributed by atoms with Gasteiger partial charge in [-0.1, -0.05) is 6.07 Å². The molecule has 1 aromatic rings. The SMILES string of the molecule is CNC(=O)CCN1C(=O)COc2ccc(C)cc21. The van der Waals surface area contributed by atoms with E-state index >= 15 is 0 Å². The summed E-state index contributed by atoms with van der Waals surface area (Å²) in [6.07, 6.45) is 0.287. The first-order chi connectivity index (χ1) is 8.61. The smallest absolute Gasteiger partial charge is 0.265 e. The number of amides is 2. The number of nitrogens with zero attached hydrogens (tertiary/aromatic N) is 1. The van der Waals surface area contributed by atoms with E-state index in [0.717, 1.165) is 11.3 Å². The van der Waals surface area contributed by atoms with Crippen LogP contribution in [0.1, 0.15) is 12.0 Å². The van der Waals surface area contributed by atoms with E-state index in [1.165, 1.54) is 0 Å². The van der Waals surface area contributed by atoms with Gasteiger partial charge in [-0.2, -0.15) is 0 Å². The van der Waals surface area contributed by atoms with E-state index in [1.807, 2.05) is 25.1 Å².